The summed E-state index contributed by atoms with van der Waals surface area (Å²) in [4.78, 5) is 19.3. The van der Waals surface area contributed by atoms with Crippen molar-refractivity contribution < 1.29 is 9.53 Å². The Morgan fingerprint density at radius 1 is 1.15 bits per heavy atom. The van der Waals surface area contributed by atoms with E-state index in [1.165, 1.54) is 5.56 Å². The fraction of sp³-hybridized carbons (Fsp3) is 0.429. The molecule has 2 heterocycles. The summed E-state index contributed by atoms with van der Waals surface area (Å²) in [6.45, 7) is 11.4. The van der Waals surface area contributed by atoms with Gasteiger partial charge in [-0.3, -0.25) is 9.69 Å². The maximum absolute atomic E-state index is 12.5. The zero-order valence-corrected chi connectivity index (χ0v) is 16.3. The lowest BCUT2D eigenvalue weighted by molar-refractivity contribution is 0.0398. The second-order valence-corrected chi connectivity index (χ2v) is 7.04. The summed E-state index contributed by atoms with van der Waals surface area (Å²) in [6.07, 6.45) is 1.62. The van der Waals surface area contributed by atoms with Gasteiger partial charge in [0.25, 0.3) is 5.91 Å². The molecule has 0 saturated carbocycles. The summed E-state index contributed by atoms with van der Waals surface area (Å²) in [5.41, 5.74) is 4.74. The highest BCUT2D eigenvalue weighted by atomic mass is 16.5. The maximum atomic E-state index is 12.5. The number of carbonyl (C=O) groups is 1. The first-order chi connectivity index (χ1) is 13.0. The SMILES string of the molecule is Cc1cc(C)c(NC(=O)c2ccc(NCCN3CCOCC3)nc2)c(C)c1. The summed E-state index contributed by atoms with van der Waals surface area (Å²) >= 11 is 0. The Hall–Kier alpha value is -2.44. The first-order valence-electron chi connectivity index (χ1n) is 9.42. The van der Waals surface area contributed by atoms with E-state index < -0.39 is 0 Å². The van der Waals surface area contributed by atoms with E-state index in [0.717, 1.165) is 62.0 Å². The molecule has 0 radical (unpaired) electrons. The molecule has 1 saturated heterocycles. The van der Waals surface area contributed by atoms with Crippen LogP contribution >= 0.6 is 0 Å². The Morgan fingerprint density at radius 2 is 1.85 bits per heavy atom. The standard InChI is InChI=1S/C21H28N4O2/c1-15-12-16(2)20(17(3)13-15)24-21(26)18-4-5-19(23-14-18)22-6-7-25-8-10-27-11-9-25/h4-5,12-14H,6-11H2,1-3H3,(H,22,23)(H,24,26). The van der Waals surface area contributed by atoms with Crippen molar-refractivity contribution in [3.8, 4) is 0 Å². The monoisotopic (exact) mass is 368 g/mol. The maximum Gasteiger partial charge on any atom is 0.257 e. The number of amides is 1. The highest BCUT2D eigenvalue weighted by Gasteiger charge is 2.12. The van der Waals surface area contributed by atoms with Crippen LogP contribution in [0.1, 0.15) is 27.0 Å². The molecular formula is C21H28N4O2. The molecule has 2 N–H and O–H groups in total. The third-order valence-corrected chi connectivity index (χ3v) is 4.78. The summed E-state index contributed by atoms with van der Waals surface area (Å²) in [5.74, 6) is 0.639. The Balaban J connectivity index is 1.54. The number of aryl methyl sites for hydroxylation is 3. The quantitative estimate of drug-likeness (QED) is 0.820. The minimum Gasteiger partial charge on any atom is -0.379 e. The van der Waals surface area contributed by atoms with Crippen molar-refractivity contribution in [2.24, 2.45) is 0 Å². The van der Waals surface area contributed by atoms with Crippen molar-refractivity contribution >= 4 is 17.4 Å². The number of aromatic nitrogens is 1. The predicted molar refractivity (Wildman–Crippen MR) is 109 cm³/mol. The molecule has 1 aliphatic rings. The topological polar surface area (TPSA) is 66.5 Å². The minimum absolute atomic E-state index is 0.141. The summed E-state index contributed by atoms with van der Waals surface area (Å²) < 4.78 is 5.35. The normalized spacial score (nSPS) is 14.8. The molecule has 1 aromatic heterocycles. The van der Waals surface area contributed by atoms with Gasteiger partial charge < -0.3 is 15.4 Å². The number of pyridine rings is 1. The molecule has 0 bridgehead atoms. The highest BCUT2D eigenvalue weighted by Crippen LogP contribution is 2.22. The van der Waals surface area contributed by atoms with Gasteiger partial charge in [-0.2, -0.15) is 0 Å². The second-order valence-electron chi connectivity index (χ2n) is 7.04. The molecule has 1 aliphatic heterocycles. The van der Waals surface area contributed by atoms with Crippen molar-refractivity contribution in [1.82, 2.24) is 9.88 Å². The van der Waals surface area contributed by atoms with Crippen LogP contribution in [0.4, 0.5) is 11.5 Å². The fourth-order valence-electron chi connectivity index (χ4n) is 3.36. The van der Waals surface area contributed by atoms with Crippen LogP contribution in [0.15, 0.2) is 30.5 Å². The molecule has 6 heteroatoms. The third-order valence-electron chi connectivity index (χ3n) is 4.78. The molecule has 0 spiro atoms. The van der Waals surface area contributed by atoms with E-state index in [4.69, 9.17) is 4.74 Å². The van der Waals surface area contributed by atoms with Crippen molar-refractivity contribution in [3.05, 3.63) is 52.7 Å². The molecule has 0 aliphatic carbocycles. The number of anilines is 2. The van der Waals surface area contributed by atoms with E-state index in [0.29, 0.717) is 5.56 Å². The van der Waals surface area contributed by atoms with Gasteiger partial charge in [0.05, 0.1) is 18.8 Å². The van der Waals surface area contributed by atoms with Crippen molar-refractivity contribution in [1.29, 1.82) is 0 Å². The number of benzene rings is 1. The number of morpholine rings is 1. The van der Waals surface area contributed by atoms with Gasteiger partial charge in [-0.15, -0.1) is 0 Å². The number of nitrogens with zero attached hydrogens (tertiary/aromatic N) is 2. The molecule has 0 atom stereocenters. The number of hydrogen-bond acceptors (Lipinski definition) is 5. The third kappa shape index (κ3) is 5.28. The number of rotatable bonds is 6. The van der Waals surface area contributed by atoms with E-state index in [9.17, 15) is 4.79 Å². The Morgan fingerprint density at radius 3 is 2.48 bits per heavy atom. The molecule has 144 valence electrons. The first kappa shape index (κ1) is 19.3. The van der Waals surface area contributed by atoms with Crippen LogP contribution in [0.2, 0.25) is 0 Å². The van der Waals surface area contributed by atoms with Crippen LogP contribution in [0.3, 0.4) is 0 Å². The number of hydrogen-bond donors (Lipinski definition) is 2. The lowest BCUT2D eigenvalue weighted by Crippen LogP contribution is -2.39. The highest BCUT2D eigenvalue weighted by molar-refractivity contribution is 6.05. The summed E-state index contributed by atoms with van der Waals surface area (Å²) in [6, 6.07) is 7.80. The molecule has 1 fully saturated rings. The van der Waals surface area contributed by atoms with Gasteiger partial charge in [0.15, 0.2) is 0 Å². The van der Waals surface area contributed by atoms with Gasteiger partial charge >= 0.3 is 0 Å². The smallest absolute Gasteiger partial charge is 0.257 e. The molecule has 0 unspecified atom stereocenters. The zero-order chi connectivity index (χ0) is 19.2. The van der Waals surface area contributed by atoms with Crippen LogP contribution in [0.5, 0.6) is 0 Å². The average Bonchev–Trinajstić information content (AvgIpc) is 2.66. The van der Waals surface area contributed by atoms with Gasteiger partial charge in [0.1, 0.15) is 5.82 Å². The lowest BCUT2D eigenvalue weighted by atomic mass is 10.0. The minimum atomic E-state index is -0.141. The van der Waals surface area contributed by atoms with E-state index in [2.05, 4.69) is 39.6 Å². The van der Waals surface area contributed by atoms with Gasteiger partial charge in [-0.25, -0.2) is 4.98 Å². The molecule has 1 amide bonds. The number of nitrogens with one attached hydrogen (secondary N) is 2. The van der Waals surface area contributed by atoms with Crippen molar-refractivity contribution in [2.75, 3.05) is 50.0 Å². The van der Waals surface area contributed by atoms with Crippen LogP contribution in [-0.4, -0.2) is 55.2 Å². The van der Waals surface area contributed by atoms with Crippen LogP contribution < -0.4 is 10.6 Å². The zero-order valence-electron chi connectivity index (χ0n) is 16.3. The lowest BCUT2D eigenvalue weighted by Gasteiger charge is -2.26. The van der Waals surface area contributed by atoms with Crippen LogP contribution in [0.25, 0.3) is 0 Å². The molecule has 6 nitrogen and oxygen atoms in total. The average molecular weight is 368 g/mol. The van der Waals surface area contributed by atoms with Gasteiger partial charge in [-0.05, 0) is 44.0 Å². The van der Waals surface area contributed by atoms with E-state index in [1.54, 1.807) is 12.3 Å². The van der Waals surface area contributed by atoms with Gasteiger partial charge in [-0.1, -0.05) is 17.7 Å². The largest absolute Gasteiger partial charge is 0.379 e. The predicted octanol–water partition coefficient (Wildman–Crippen LogP) is 3.00. The Bertz CT molecular complexity index is 760. The van der Waals surface area contributed by atoms with Crippen molar-refractivity contribution in [2.45, 2.75) is 20.8 Å². The first-order valence-corrected chi connectivity index (χ1v) is 9.42. The van der Waals surface area contributed by atoms with E-state index in [-0.39, 0.29) is 5.91 Å². The Kier molecular flexibility index (Phi) is 6.42. The van der Waals surface area contributed by atoms with Crippen LogP contribution in [0, 0.1) is 20.8 Å². The molecule has 3 rings (SSSR count). The van der Waals surface area contributed by atoms with E-state index >= 15 is 0 Å². The summed E-state index contributed by atoms with van der Waals surface area (Å²) in [5, 5.41) is 6.32. The number of carbonyl (C=O) groups excluding carboxylic acids is 1. The molecule has 27 heavy (non-hydrogen) atoms. The second kappa shape index (κ2) is 8.97. The molecule has 1 aromatic carbocycles. The summed E-state index contributed by atoms with van der Waals surface area (Å²) in [7, 11) is 0. The Labute approximate surface area is 160 Å². The number of ether oxygens (including phenoxy) is 1. The van der Waals surface area contributed by atoms with E-state index in [1.807, 2.05) is 19.9 Å². The van der Waals surface area contributed by atoms with Crippen LogP contribution in [-0.2, 0) is 4.74 Å². The van der Waals surface area contributed by atoms with Crippen molar-refractivity contribution in [3.63, 3.8) is 0 Å². The van der Waals surface area contributed by atoms with Gasteiger partial charge in [0, 0.05) is 38.1 Å². The molecular weight excluding hydrogens is 340 g/mol. The molecule has 2 aromatic rings. The fourth-order valence-corrected chi connectivity index (χ4v) is 3.36. The van der Waals surface area contributed by atoms with Gasteiger partial charge in [0.2, 0.25) is 0 Å².